The van der Waals surface area contributed by atoms with Crippen molar-refractivity contribution in [2.75, 3.05) is 0 Å². The molecule has 0 saturated heterocycles. The Kier molecular flexibility index (Phi) is 5.19. The topological polar surface area (TPSA) is 0 Å². The summed E-state index contributed by atoms with van der Waals surface area (Å²) in [6.07, 6.45) is 4.32. The van der Waals surface area contributed by atoms with Gasteiger partial charge in [0.1, 0.15) is 0 Å². The predicted molar refractivity (Wildman–Crippen MR) is 87.2 cm³/mol. The first-order valence-electron chi connectivity index (χ1n) is 8.46. The molecular weight excluding hydrogens is 228 g/mol. The monoisotopic (exact) mass is 266 g/mol. The van der Waals surface area contributed by atoms with E-state index in [9.17, 15) is 0 Å². The van der Waals surface area contributed by atoms with Crippen LogP contribution in [0.1, 0.15) is 81.6 Å². The second-order valence-electron chi connectivity index (χ2n) is 9.59. The molecule has 0 aromatic carbocycles. The van der Waals surface area contributed by atoms with E-state index >= 15 is 0 Å². The van der Waals surface area contributed by atoms with Crippen molar-refractivity contribution >= 4 is 0 Å². The minimum Gasteiger partial charge on any atom is -0.0625 e. The lowest BCUT2D eigenvalue weighted by molar-refractivity contribution is -0.0335. The highest BCUT2D eigenvalue weighted by molar-refractivity contribution is 4.94. The molecule has 0 bridgehead atoms. The molecule has 4 unspecified atom stereocenters. The lowest BCUT2D eigenvalue weighted by Gasteiger charge is -2.52. The fourth-order valence-electron chi connectivity index (χ4n) is 5.08. The van der Waals surface area contributed by atoms with E-state index in [-0.39, 0.29) is 0 Å². The van der Waals surface area contributed by atoms with Gasteiger partial charge in [0, 0.05) is 0 Å². The average molecular weight is 267 g/mol. The van der Waals surface area contributed by atoms with Gasteiger partial charge in [0.25, 0.3) is 0 Å². The third-order valence-corrected chi connectivity index (χ3v) is 5.54. The maximum atomic E-state index is 2.52. The molecule has 1 saturated carbocycles. The molecule has 1 aliphatic rings. The van der Waals surface area contributed by atoms with Crippen LogP contribution in [-0.4, -0.2) is 0 Å². The van der Waals surface area contributed by atoms with Crippen LogP contribution in [0, 0.1) is 40.4 Å². The zero-order valence-electron chi connectivity index (χ0n) is 15.0. The van der Waals surface area contributed by atoms with E-state index in [1.807, 2.05) is 0 Å². The summed E-state index contributed by atoms with van der Waals surface area (Å²) >= 11 is 0. The van der Waals surface area contributed by atoms with E-state index in [0.29, 0.717) is 10.8 Å². The van der Waals surface area contributed by atoms with Crippen LogP contribution < -0.4 is 0 Å². The molecule has 1 fully saturated rings. The standard InChI is InChI=1S/C19H38/c1-13(2)17(19(7,8)9)16-14(3)11-10-12-15(16)18(4,5)6/h13-17H,10-12H2,1-9H3. The Bertz CT molecular complexity index is 273. The highest BCUT2D eigenvalue weighted by Gasteiger charge is 2.46. The highest BCUT2D eigenvalue weighted by Crippen LogP contribution is 2.53. The number of hydrogen-bond acceptors (Lipinski definition) is 0. The van der Waals surface area contributed by atoms with E-state index in [2.05, 4.69) is 62.3 Å². The normalized spacial score (nSPS) is 31.6. The first-order chi connectivity index (χ1) is 8.46. The lowest BCUT2D eigenvalue weighted by atomic mass is 9.53. The van der Waals surface area contributed by atoms with Gasteiger partial charge >= 0.3 is 0 Å². The van der Waals surface area contributed by atoms with Crippen molar-refractivity contribution in [2.45, 2.75) is 81.6 Å². The predicted octanol–water partition coefficient (Wildman–Crippen LogP) is 6.40. The Labute approximate surface area is 122 Å². The lowest BCUT2D eigenvalue weighted by Crippen LogP contribution is -2.45. The first kappa shape index (κ1) is 17.1. The Hall–Kier alpha value is 0. The molecule has 1 aliphatic carbocycles. The van der Waals surface area contributed by atoms with Crippen LogP contribution in [0.2, 0.25) is 0 Å². The van der Waals surface area contributed by atoms with Crippen molar-refractivity contribution in [2.24, 2.45) is 40.4 Å². The maximum Gasteiger partial charge on any atom is -0.0308 e. The minimum absolute atomic E-state index is 0.425. The highest BCUT2D eigenvalue weighted by atomic mass is 14.5. The summed E-state index contributed by atoms with van der Waals surface area (Å²) in [5, 5.41) is 0. The second-order valence-corrected chi connectivity index (χ2v) is 9.59. The van der Waals surface area contributed by atoms with Crippen LogP contribution in [-0.2, 0) is 0 Å². The quantitative estimate of drug-likeness (QED) is 0.542. The van der Waals surface area contributed by atoms with Gasteiger partial charge in [-0.3, -0.25) is 0 Å². The minimum atomic E-state index is 0.425. The molecule has 0 amide bonds. The van der Waals surface area contributed by atoms with Gasteiger partial charge in [-0.1, -0.05) is 75.2 Å². The van der Waals surface area contributed by atoms with Gasteiger partial charge in [-0.15, -0.1) is 0 Å². The molecule has 0 aromatic heterocycles. The summed E-state index contributed by atoms with van der Waals surface area (Å²) in [6.45, 7) is 22.2. The van der Waals surface area contributed by atoms with Gasteiger partial charge in [-0.25, -0.2) is 0 Å². The van der Waals surface area contributed by atoms with Gasteiger partial charge in [-0.05, 0) is 46.8 Å². The molecule has 0 heterocycles. The Morgan fingerprint density at radius 1 is 0.895 bits per heavy atom. The molecule has 0 aromatic rings. The fraction of sp³-hybridized carbons (Fsp3) is 1.00. The Balaban J connectivity index is 3.14. The van der Waals surface area contributed by atoms with Gasteiger partial charge in [0.15, 0.2) is 0 Å². The van der Waals surface area contributed by atoms with Crippen molar-refractivity contribution in [3.05, 3.63) is 0 Å². The number of hydrogen-bond donors (Lipinski definition) is 0. The molecule has 19 heavy (non-hydrogen) atoms. The molecule has 0 aliphatic heterocycles. The van der Waals surface area contributed by atoms with Crippen molar-refractivity contribution in [3.8, 4) is 0 Å². The number of rotatable bonds is 2. The molecule has 1 rings (SSSR count). The van der Waals surface area contributed by atoms with Crippen LogP contribution in [0.5, 0.6) is 0 Å². The zero-order valence-corrected chi connectivity index (χ0v) is 15.0. The Morgan fingerprint density at radius 3 is 1.79 bits per heavy atom. The summed E-state index contributed by atoms with van der Waals surface area (Å²) in [5.41, 5.74) is 0.881. The average Bonchev–Trinajstić information content (AvgIpc) is 2.16. The first-order valence-corrected chi connectivity index (χ1v) is 8.46. The SMILES string of the molecule is CC(C)C(C1C(C)CCCC1C(C)(C)C)C(C)(C)C. The van der Waals surface area contributed by atoms with E-state index < -0.39 is 0 Å². The van der Waals surface area contributed by atoms with Crippen molar-refractivity contribution in [3.63, 3.8) is 0 Å². The summed E-state index contributed by atoms with van der Waals surface area (Å²) in [4.78, 5) is 0. The molecule has 0 N–H and O–H groups in total. The van der Waals surface area contributed by atoms with Gasteiger partial charge < -0.3 is 0 Å². The van der Waals surface area contributed by atoms with Crippen LogP contribution in [0.25, 0.3) is 0 Å². The van der Waals surface area contributed by atoms with Crippen molar-refractivity contribution < 1.29 is 0 Å². The molecule has 0 radical (unpaired) electrons. The van der Waals surface area contributed by atoms with Gasteiger partial charge in [0.2, 0.25) is 0 Å². The molecule has 0 nitrogen and oxygen atoms in total. The molecule has 4 atom stereocenters. The van der Waals surface area contributed by atoms with Crippen molar-refractivity contribution in [1.29, 1.82) is 0 Å². The van der Waals surface area contributed by atoms with Crippen LogP contribution in [0.15, 0.2) is 0 Å². The van der Waals surface area contributed by atoms with E-state index in [1.165, 1.54) is 19.3 Å². The summed E-state index contributed by atoms with van der Waals surface area (Å²) in [5.74, 6) is 4.31. The third kappa shape index (κ3) is 3.99. The van der Waals surface area contributed by atoms with Gasteiger partial charge in [0.05, 0.1) is 0 Å². The summed E-state index contributed by atoms with van der Waals surface area (Å²) in [6, 6.07) is 0. The maximum absolute atomic E-state index is 2.52. The summed E-state index contributed by atoms with van der Waals surface area (Å²) in [7, 11) is 0. The van der Waals surface area contributed by atoms with Gasteiger partial charge in [-0.2, -0.15) is 0 Å². The smallest absolute Gasteiger partial charge is 0.0308 e. The van der Waals surface area contributed by atoms with E-state index in [1.54, 1.807) is 0 Å². The molecule has 0 spiro atoms. The fourth-order valence-corrected chi connectivity index (χ4v) is 5.08. The zero-order chi connectivity index (χ0) is 15.0. The summed E-state index contributed by atoms with van der Waals surface area (Å²) < 4.78 is 0. The van der Waals surface area contributed by atoms with Crippen LogP contribution >= 0.6 is 0 Å². The van der Waals surface area contributed by atoms with E-state index in [4.69, 9.17) is 0 Å². The van der Waals surface area contributed by atoms with Crippen LogP contribution in [0.3, 0.4) is 0 Å². The second kappa shape index (κ2) is 5.78. The van der Waals surface area contributed by atoms with Crippen molar-refractivity contribution in [1.82, 2.24) is 0 Å². The molecule has 114 valence electrons. The van der Waals surface area contributed by atoms with E-state index in [0.717, 1.165) is 29.6 Å². The molecule has 0 heteroatoms. The largest absolute Gasteiger partial charge is 0.0625 e. The van der Waals surface area contributed by atoms with Crippen LogP contribution in [0.4, 0.5) is 0 Å². The molecular formula is C19H38. The Morgan fingerprint density at radius 2 is 1.42 bits per heavy atom. The third-order valence-electron chi connectivity index (χ3n) is 5.54.